The molecule has 6 heteroatoms. The van der Waals surface area contributed by atoms with Crippen LogP contribution in [0.2, 0.25) is 5.02 Å². The van der Waals surface area contributed by atoms with Crippen molar-refractivity contribution in [3.05, 3.63) is 64.7 Å². The summed E-state index contributed by atoms with van der Waals surface area (Å²) in [5.41, 5.74) is 2.43. The molecule has 1 aliphatic rings. The molecule has 1 fully saturated rings. The lowest BCUT2D eigenvalue weighted by Crippen LogP contribution is -2.36. The molecular formula is C21H23ClN2O3. The maximum atomic E-state index is 12.3. The molecule has 2 aromatic carbocycles. The number of rotatable bonds is 5. The molecule has 0 aliphatic carbocycles. The first-order valence-electron chi connectivity index (χ1n) is 9.15. The van der Waals surface area contributed by atoms with Crippen LogP contribution in [0.25, 0.3) is 0 Å². The smallest absolute Gasteiger partial charge is 0.411 e. The van der Waals surface area contributed by atoms with E-state index < -0.39 is 6.09 Å². The van der Waals surface area contributed by atoms with E-state index in [1.165, 1.54) is 6.42 Å². The van der Waals surface area contributed by atoms with E-state index >= 15 is 0 Å². The van der Waals surface area contributed by atoms with Crippen LogP contribution in [0.3, 0.4) is 0 Å². The van der Waals surface area contributed by atoms with Crippen LogP contribution in [0, 0.1) is 0 Å². The minimum Gasteiger partial charge on any atom is -0.444 e. The molecule has 142 valence electrons. The van der Waals surface area contributed by atoms with Gasteiger partial charge in [0.05, 0.1) is 6.42 Å². The number of hydrogen-bond donors (Lipinski definition) is 1. The molecule has 1 heterocycles. The van der Waals surface area contributed by atoms with Crippen LogP contribution in [0.4, 0.5) is 10.5 Å². The van der Waals surface area contributed by atoms with Crippen LogP contribution in [-0.4, -0.2) is 30.0 Å². The predicted molar refractivity (Wildman–Crippen MR) is 106 cm³/mol. The predicted octanol–water partition coefficient (Wildman–Crippen LogP) is 4.64. The van der Waals surface area contributed by atoms with E-state index in [2.05, 4.69) is 5.32 Å². The molecule has 1 N–H and O–H groups in total. The van der Waals surface area contributed by atoms with Crippen LogP contribution in [0.1, 0.15) is 30.4 Å². The number of ether oxygens (including phenoxy) is 1. The first-order valence-corrected chi connectivity index (χ1v) is 9.53. The molecule has 0 aromatic heterocycles. The average Bonchev–Trinajstić information content (AvgIpc) is 2.70. The van der Waals surface area contributed by atoms with Crippen molar-refractivity contribution in [3.8, 4) is 0 Å². The fourth-order valence-electron chi connectivity index (χ4n) is 3.02. The number of benzene rings is 2. The molecule has 0 bridgehead atoms. The zero-order valence-electron chi connectivity index (χ0n) is 15.1. The Morgan fingerprint density at radius 3 is 2.22 bits per heavy atom. The quantitative estimate of drug-likeness (QED) is 0.814. The molecule has 0 unspecified atom stereocenters. The van der Waals surface area contributed by atoms with E-state index in [4.69, 9.17) is 16.3 Å². The van der Waals surface area contributed by atoms with Gasteiger partial charge < -0.3 is 9.64 Å². The summed E-state index contributed by atoms with van der Waals surface area (Å²) in [6.45, 7) is 1.89. The Morgan fingerprint density at radius 2 is 1.56 bits per heavy atom. The largest absolute Gasteiger partial charge is 0.444 e. The molecule has 2 amide bonds. The summed E-state index contributed by atoms with van der Waals surface area (Å²) >= 11 is 5.83. The summed E-state index contributed by atoms with van der Waals surface area (Å²) in [5, 5.41) is 3.33. The van der Waals surface area contributed by atoms with Crippen LogP contribution in [-0.2, 0) is 22.6 Å². The number of anilines is 1. The summed E-state index contributed by atoms with van der Waals surface area (Å²) in [5.74, 6) is 0.165. The van der Waals surface area contributed by atoms with Gasteiger partial charge in [-0.3, -0.25) is 10.1 Å². The molecule has 1 saturated heterocycles. The standard InChI is InChI=1S/C21H23ClN2O3/c22-18-8-4-17(5-9-18)15-27-21(26)23-19-10-6-16(7-11-19)14-20(25)24-12-2-1-3-13-24/h4-11H,1-3,12-15H2,(H,23,26). The first-order chi connectivity index (χ1) is 13.1. The fraction of sp³-hybridized carbons (Fsp3) is 0.333. The van der Waals surface area contributed by atoms with Gasteiger partial charge in [0.2, 0.25) is 5.91 Å². The van der Waals surface area contributed by atoms with Crippen LogP contribution >= 0.6 is 11.6 Å². The van der Waals surface area contributed by atoms with Crippen molar-refractivity contribution >= 4 is 29.3 Å². The van der Waals surface area contributed by atoms with Crippen molar-refractivity contribution in [3.63, 3.8) is 0 Å². The Bertz CT molecular complexity index is 769. The Kier molecular flexibility index (Phi) is 6.71. The molecule has 1 aliphatic heterocycles. The summed E-state index contributed by atoms with van der Waals surface area (Å²) < 4.78 is 5.19. The van der Waals surface area contributed by atoms with E-state index in [0.29, 0.717) is 17.1 Å². The normalized spacial score (nSPS) is 13.9. The van der Waals surface area contributed by atoms with E-state index in [-0.39, 0.29) is 12.5 Å². The van der Waals surface area contributed by atoms with Gasteiger partial charge in [0.25, 0.3) is 0 Å². The van der Waals surface area contributed by atoms with Crippen molar-refractivity contribution in [2.24, 2.45) is 0 Å². The van der Waals surface area contributed by atoms with Gasteiger partial charge in [-0.05, 0) is 54.7 Å². The number of hydrogen-bond acceptors (Lipinski definition) is 3. The number of amides is 2. The zero-order chi connectivity index (χ0) is 19.1. The second-order valence-electron chi connectivity index (χ2n) is 6.64. The second-order valence-corrected chi connectivity index (χ2v) is 7.08. The van der Waals surface area contributed by atoms with E-state index in [1.54, 1.807) is 24.3 Å². The lowest BCUT2D eigenvalue weighted by molar-refractivity contribution is -0.131. The van der Waals surface area contributed by atoms with Gasteiger partial charge in [0.1, 0.15) is 6.61 Å². The lowest BCUT2D eigenvalue weighted by atomic mass is 10.1. The molecule has 0 saturated carbocycles. The summed E-state index contributed by atoms with van der Waals surface area (Å²) in [6, 6.07) is 14.4. The molecule has 0 spiro atoms. The average molecular weight is 387 g/mol. The van der Waals surface area contributed by atoms with Crippen molar-refractivity contribution in [2.45, 2.75) is 32.3 Å². The van der Waals surface area contributed by atoms with Gasteiger partial charge in [-0.1, -0.05) is 35.9 Å². The van der Waals surface area contributed by atoms with Crippen LogP contribution in [0.5, 0.6) is 0 Å². The monoisotopic (exact) mass is 386 g/mol. The number of halogens is 1. The molecule has 0 radical (unpaired) electrons. The summed E-state index contributed by atoms with van der Waals surface area (Å²) in [4.78, 5) is 26.1. The summed E-state index contributed by atoms with van der Waals surface area (Å²) in [7, 11) is 0. The van der Waals surface area contributed by atoms with Crippen LogP contribution < -0.4 is 5.32 Å². The fourth-order valence-corrected chi connectivity index (χ4v) is 3.15. The highest BCUT2D eigenvalue weighted by Gasteiger charge is 2.16. The third kappa shape index (κ3) is 6.00. The molecule has 5 nitrogen and oxygen atoms in total. The third-order valence-electron chi connectivity index (χ3n) is 4.55. The van der Waals surface area contributed by atoms with E-state index in [0.717, 1.165) is 37.1 Å². The van der Waals surface area contributed by atoms with E-state index in [9.17, 15) is 9.59 Å². The highest BCUT2D eigenvalue weighted by Crippen LogP contribution is 2.15. The van der Waals surface area contributed by atoms with Crippen molar-refractivity contribution in [1.82, 2.24) is 4.90 Å². The number of carbonyl (C=O) groups excluding carboxylic acids is 2. The molecular weight excluding hydrogens is 364 g/mol. The van der Waals surface area contributed by atoms with Crippen molar-refractivity contribution in [1.29, 1.82) is 0 Å². The Labute approximate surface area is 164 Å². The number of likely N-dealkylation sites (tertiary alicyclic amines) is 1. The van der Waals surface area contributed by atoms with Crippen molar-refractivity contribution in [2.75, 3.05) is 18.4 Å². The van der Waals surface area contributed by atoms with Gasteiger partial charge in [0.15, 0.2) is 0 Å². The Hall–Kier alpha value is -2.53. The minimum absolute atomic E-state index is 0.165. The van der Waals surface area contributed by atoms with Gasteiger partial charge in [0, 0.05) is 23.8 Å². The molecule has 27 heavy (non-hydrogen) atoms. The topological polar surface area (TPSA) is 58.6 Å². The number of nitrogens with one attached hydrogen (secondary N) is 1. The number of nitrogens with zero attached hydrogens (tertiary/aromatic N) is 1. The lowest BCUT2D eigenvalue weighted by Gasteiger charge is -2.26. The van der Waals surface area contributed by atoms with Crippen molar-refractivity contribution < 1.29 is 14.3 Å². The Balaban J connectivity index is 1.45. The maximum Gasteiger partial charge on any atom is 0.411 e. The van der Waals surface area contributed by atoms with Gasteiger partial charge in [-0.25, -0.2) is 4.79 Å². The highest BCUT2D eigenvalue weighted by atomic mass is 35.5. The second kappa shape index (κ2) is 9.42. The first kappa shape index (κ1) is 19.2. The Morgan fingerprint density at radius 1 is 0.926 bits per heavy atom. The van der Waals surface area contributed by atoms with Gasteiger partial charge in [-0.2, -0.15) is 0 Å². The molecule has 2 aromatic rings. The minimum atomic E-state index is -0.526. The zero-order valence-corrected chi connectivity index (χ0v) is 15.9. The summed E-state index contributed by atoms with van der Waals surface area (Å²) in [6.07, 6.45) is 3.25. The third-order valence-corrected chi connectivity index (χ3v) is 4.80. The maximum absolute atomic E-state index is 12.3. The van der Waals surface area contributed by atoms with Gasteiger partial charge >= 0.3 is 6.09 Å². The van der Waals surface area contributed by atoms with Gasteiger partial charge in [-0.15, -0.1) is 0 Å². The number of carbonyl (C=O) groups is 2. The highest BCUT2D eigenvalue weighted by molar-refractivity contribution is 6.30. The molecule has 0 atom stereocenters. The SMILES string of the molecule is O=C(Nc1ccc(CC(=O)N2CCCCC2)cc1)OCc1ccc(Cl)cc1. The van der Waals surface area contributed by atoms with E-state index in [1.807, 2.05) is 29.2 Å². The number of piperidine rings is 1. The van der Waals surface area contributed by atoms with Crippen LogP contribution in [0.15, 0.2) is 48.5 Å². The molecule has 3 rings (SSSR count).